The summed E-state index contributed by atoms with van der Waals surface area (Å²) in [7, 11) is 0. The molecule has 0 radical (unpaired) electrons. The van der Waals surface area contributed by atoms with Crippen LogP contribution < -0.4 is 10.6 Å². The number of anilines is 1. The van der Waals surface area contributed by atoms with E-state index in [0.717, 1.165) is 21.2 Å². The molecule has 1 amide bonds. The number of thiophene rings is 1. The molecule has 144 valence electrons. The number of nitrogens with zero attached hydrogens (tertiary/aromatic N) is 2. The van der Waals surface area contributed by atoms with Crippen LogP contribution in [-0.4, -0.2) is 28.5 Å². The summed E-state index contributed by atoms with van der Waals surface area (Å²) in [5.74, 6) is -0.101. The fourth-order valence-electron chi connectivity index (χ4n) is 3.60. The van der Waals surface area contributed by atoms with Crippen molar-refractivity contribution in [3.63, 3.8) is 0 Å². The number of fused-ring (bicyclic) bond motifs is 5. The predicted molar refractivity (Wildman–Crippen MR) is 121 cm³/mol. The van der Waals surface area contributed by atoms with Gasteiger partial charge < -0.3 is 10.6 Å². The molecule has 4 aromatic rings. The topological polar surface area (TPSA) is 66.9 Å². The van der Waals surface area contributed by atoms with Gasteiger partial charge in [0.1, 0.15) is 4.88 Å². The molecular formula is C23H20N4OS. The molecule has 0 aliphatic carbocycles. The minimum Gasteiger partial charge on any atom is -0.381 e. The van der Waals surface area contributed by atoms with Crippen LogP contribution in [0.3, 0.4) is 0 Å². The first-order valence-electron chi connectivity index (χ1n) is 11.2. The number of hydrogen-bond acceptors (Lipinski definition) is 5. The fraction of sp³-hybridized carbons (Fsp3) is 0.174. The Kier molecular flexibility index (Phi) is 3.18. The Hall–Kier alpha value is -3.25. The Balaban J connectivity index is 1.76. The number of rotatable bonds is 2. The molecule has 0 spiro atoms. The Labute approximate surface area is 178 Å². The maximum atomic E-state index is 12.6. The van der Waals surface area contributed by atoms with Crippen LogP contribution in [0, 0.1) is 6.85 Å². The lowest BCUT2D eigenvalue weighted by Crippen LogP contribution is -2.34. The van der Waals surface area contributed by atoms with Crippen molar-refractivity contribution in [3.05, 3.63) is 59.2 Å². The molecule has 3 aromatic heterocycles. The number of hydrogen-bond donors (Lipinski definition) is 2. The summed E-state index contributed by atoms with van der Waals surface area (Å²) in [5.41, 5.74) is 2.30. The molecular weight excluding hydrogens is 380 g/mol. The number of benzene rings is 1. The summed E-state index contributed by atoms with van der Waals surface area (Å²) in [6, 6.07) is 7.35. The molecule has 5 rings (SSSR count). The van der Waals surface area contributed by atoms with E-state index in [0.29, 0.717) is 28.3 Å². The van der Waals surface area contributed by atoms with Crippen molar-refractivity contribution in [2.45, 2.75) is 19.8 Å². The zero-order valence-electron chi connectivity index (χ0n) is 19.7. The van der Waals surface area contributed by atoms with Gasteiger partial charge in [0.15, 0.2) is 0 Å². The van der Waals surface area contributed by atoms with E-state index in [1.165, 1.54) is 23.6 Å². The molecule has 29 heavy (non-hydrogen) atoms. The van der Waals surface area contributed by atoms with Crippen molar-refractivity contribution in [2.75, 3.05) is 11.9 Å². The molecule has 0 saturated carbocycles. The van der Waals surface area contributed by atoms with E-state index in [4.69, 9.17) is 10.5 Å². The van der Waals surface area contributed by atoms with Gasteiger partial charge in [0.25, 0.3) is 5.91 Å². The molecule has 0 saturated heterocycles. The summed E-state index contributed by atoms with van der Waals surface area (Å²) in [5, 5.41) is 8.14. The van der Waals surface area contributed by atoms with Gasteiger partial charge >= 0.3 is 0 Å². The molecule has 1 aromatic carbocycles. The minimum absolute atomic E-state index is 0.00591. The van der Waals surface area contributed by atoms with Gasteiger partial charge in [-0.1, -0.05) is 6.58 Å². The van der Waals surface area contributed by atoms with Crippen LogP contribution >= 0.6 is 11.3 Å². The second kappa shape index (κ2) is 6.67. The largest absolute Gasteiger partial charge is 0.381 e. The third-order valence-electron chi connectivity index (χ3n) is 5.00. The zero-order chi connectivity index (χ0) is 23.5. The van der Waals surface area contributed by atoms with Gasteiger partial charge in [0, 0.05) is 43.9 Å². The number of carbonyl (C=O) groups is 1. The summed E-state index contributed by atoms with van der Waals surface area (Å²) in [6.45, 7) is 3.78. The van der Waals surface area contributed by atoms with E-state index in [1.807, 2.05) is 25.1 Å². The van der Waals surface area contributed by atoms with E-state index in [1.54, 1.807) is 6.07 Å². The predicted octanol–water partition coefficient (Wildman–Crippen LogP) is 5.01. The van der Waals surface area contributed by atoms with E-state index in [2.05, 4.69) is 22.2 Å². The Morgan fingerprint density at radius 3 is 3.10 bits per heavy atom. The van der Waals surface area contributed by atoms with E-state index in [-0.39, 0.29) is 29.1 Å². The van der Waals surface area contributed by atoms with Gasteiger partial charge in [-0.2, -0.15) is 0 Å². The van der Waals surface area contributed by atoms with E-state index < -0.39 is 6.85 Å². The summed E-state index contributed by atoms with van der Waals surface area (Å²) >= 11 is 1.43. The van der Waals surface area contributed by atoms with Crippen LogP contribution in [0.4, 0.5) is 5.69 Å². The maximum absolute atomic E-state index is 12.6. The highest BCUT2D eigenvalue weighted by Crippen LogP contribution is 2.41. The zero-order valence-corrected chi connectivity index (χ0v) is 16.5. The molecule has 0 bridgehead atoms. The quantitative estimate of drug-likeness (QED) is 0.493. The fourth-order valence-corrected chi connectivity index (χ4v) is 4.69. The van der Waals surface area contributed by atoms with Crippen LogP contribution in [0.25, 0.3) is 38.3 Å². The number of aromatic nitrogens is 2. The standard InChI is InChI=1S/C23H20N4OS/c1-4-14-9-16(12(2)10-24-14)18-6-5-15-17(27-18)7-8-19-20(15)21-22(29-19)23(28)26-13(3)11-25-21/h4-10,13,25H,1,11H2,2-3H3,(H,26,28)/t13-/m1/s1/i2D3,9D. The van der Waals surface area contributed by atoms with E-state index in [9.17, 15) is 4.79 Å². The Morgan fingerprint density at radius 2 is 2.28 bits per heavy atom. The summed E-state index contributed by atoms with van der Waals surface area (Å²) < 4.78 is 33.2. The van der Waals surface area contributed by atoms with Crippen LogP contribution in [0.1, 0.15) is 33.3 Å². The second-order valence-electron chi connectivity index (χ2n) is 7.02. The lowest BCUT2D eigenvalue weighted by atomic mass is 10.0. The molecule has 4 heterocycles. The van der Waals surface area contributed by atoms with Gasteiger partial charge in [-0.3, -0.25) is 9.78 Å². The Bertz CT molecular complexity index is 1460. The highest BCUT2D eigenvalue weighted by Gasteiger charge is 2.24. The molecule has 2 N–H and O–H groups in total. The summed E-state index contributed by atoms with van der Waals surface area (Å²) in [4.78, 5) is 22.1. The monoisotopic (exact) mass is 404 g/mol. The first kappa shape index (κ1) is 13.8. The van der Waals surface area contributed by atoms with Crippen LogP contribution in [-0.2, 0) is 0 Å². The second-order valence-corrected chi connectivity index (χ2v) is 8.08. The van der Waals surface area contributed by atoms with Crippen molar-refractivity contribution < 1.29 is 10.3 Å². The highest BCUT2D eigenvalue weighted by atomic mass is 32.1. The Morgan fingerprint density at radius 1 is 1.38 bits per heavy atom. The third-order valence-corrected chi connectivity index (χ3v) is 6.15. The van der Waals surface area contributed by atoms with Crippen molar-refractivity contribution >= 4 is 50.0 Å². The number of aryl methyl sites for hydroxylation is 1. The van der Waals surface area contributed by atoms with Crippen molar-refractivity contribution in [1.82, 2.24) is 15.3 Å². The van der Waals surface area contributed by atoms with Crippen LogP contribution in [0.15, 0.2) is 43.1 Å². The average molecular weight is 405 g/mol. The van der Waals surface area contributed by atoms with Crippen LogP contribution in [0.2, 0.25) is 0 Å². The molecule has 5 nitrogen and oxygen atoms in total. The number of pyridine rings is 2. The normalized spacial score (nSPS) is 18.7. The molecule has 0 fully saturated rings. The lowest BCUT2D eigenvalue weighted by molar-refractivity contribution is 0.0949. The molecule has 1 aliphatic rings. The van der Waals surface area contributed by atoms with Crippen molar-refractivity contribution in [2.24, 2.45) is 0 Å². The number of amides is 1. The number of nitrogens with one attached hydrogen (secondary N) is 2. The molecule has 6 heteroatoms. The van der Waals surface area contributed by atoms with Gasteiger partial charge in [-0.05, 0) is 55.7 Å². The smallest absolute Gasteiger partial charge is 0.263 e. The maximum Gasteiger partial charge on any atom is 0.263 e. The summed E-state index contributed by atoms with van der Waals surface area (Å²) in [6.07, 6.45) is 2.70. The first-order valence-corrected chi connectivity index (χ1v) is 10.0. The van der Waals surface area contributed by atoms with Crippen molar-refractivity contribution in [1.29, 1.82) is 0 Å². The minimum atomic E-state index is -2.45. The molecule has 1 aliphatic heterocycles. The lowest BCUT2D eigenvalue weighted by Gasteiger charge is -2.11. The van der Waals surface area contributed by atoms with Gasteiger partial charge in [-0.25, -0.2) is 4.98 Å². The van der Waals surface area contributed by atoms with Gasteiger partial charge in [0.05, 0.1) is 24.0 Å². The highest BCUT2D eigenvalue weighted by molar-refractivity contribution is 7.21. The average Bonchev–Trinajstić information content (AvgIpc) is 3.09. The third kappa shape index (κ3) is 2.87. The van der Waals surface area contributed by atoms with Gasteiger partial charge in [-0.15, -0.1) is 11.3 Å². The first-order chi connectivity index (χ1) is 15.7. The van der Waals surface area contributed by atoms with E-state index >= 15 is 0 Å². The molecule has 1 atom stereocenters. The van der Waals surface area contributed by atoms with Crippen LogP contribution in [0.5, 0.6) is 0 Å². The number of carbonyl (C=O) groups excluding carboxylic acids is 1. The SMILES string of the molecule is [2H]c1c(C=C)ncc(C([2H])([2H])[2H])c1-c1ccc2c(ccc3sc4c(c32)NC[C@@H](C)NC4=O)n1. The van der Waals surface area contributed by atoms with Crippen molar-refractivity contribution in [3.8, 4) is 11.3 Å². The van der Waals surface area contributed by atoms with Gasteiger partial charge in [0.2, 0.25) is 0 Å². The molecule has 0 unspecified atom stereocenters.